The van der Waals surface area contributed by atoms with E-state index in [-0.39, 0.29) is 47.4 Å². The van der Waals surface area contributed by atoms with Gasteiger partial charge in [0, 0.05) is 11.8 Å². The molecular weight excluding hydrogens is 472 g/mol. The van der Waals surface area contributed by atoms with Gasteiger partial charge in [-0.1, -0.05) is 99.1 Å². The molecule has 4 heteroatoms. The van der Waals surface area contributed by atoms with E-state index in [0.29, 0.717) is 0 Å². The lowest BCUT2D eigenvalue weighted by molar-refractivity contribution is -0.155. The number of rotatable bonds is 8. The Morgan fingerprint density at radius 2 is 1.63 bits per heavy atom. The Balaban J connectivity index is 1.30. The van der Waals surface area contributed by atoms with Crippen molar-refractivity contribution in [1.82, 2.24) is 0 Å². The Bertz CT molecular complexity index is 1410. The largest absolute Gasteiger partial charge is 0.461 e. The molecule has 5 rings (SSSR count). The molecule has 2 aliphatic rings. The van der Waals surface area contributed by atoms with Crippen LogP contribution in [0.4, 0.5) is 0 Å². The fourth-order valence-corrected chi connectivity index (χ4v) is 7.02. The third kappa shape index (κ3) is 4.62. The lowest BCUT2D eigenvalue weighted by Gasteiger charge is -2.40. The molecule has 2 saturated carbocycles. The molecule has 3 aromatic carbocycles. The maximum Gasteiger partial charge on any atom is 0.313 e. The fourth-order valence-electron chi connectivity index (χ4n) is 7.02. The van der Waals surface area contributed by atoms with Crippen LogP contribution in [-0.4, -0.2) is 23.6 Å². The molecular formula is C34H36O4. The van der Waals surface area contributed by atoms with Crippen LogP contribution in [0.25, 0.3) is 16.8 Å². The van der Waals surface area contributed by atoms with Crippen LogP contribution in [0.3, 0.4) is 0 Å². The van der Waals surface area contributed by atoms with Gasteiger partial charge in [-0.25, -0.2) is 0 Å². The number of carbonyl (C=O) groups excluding carboxylic acids is 3. The number of aryl methyl sites for hydroxylation is 1. The van der Waals surface area contributed by atoms with Crippen LogP contribution in [-0.2, 0) is 19.1 Å². The average molecular weight is 509 g/mol. The molecule has 3 aromatic rings. The molecule has 2 fully saturated rings. The van der Waals surface area contributed by atoms with E-state index < -0.39 is 11.8 Å². The van der Waals surface area contributed by atoms with Crippen LogP contribution in [0.5, 0.6) is 0 Å². The molecule has 0 amide bonds. The van der Waals surface area contributed by atoms with Gasteiger partial charge in [0.25, 0.3) is 0 Å². The monoisotopic (exact) mass is 508 g/mol. The van der Waals surface area contributed by atoms with Crippen molar-refractivity contribution in [3.05, 3.63) is 89.5 Å². The minimum atomic E-state index is -0.535. The number of benzene rings is 3. The average Bonchev–Trinajstić information content (AvgIpc) is 3.20. The zero-order chi connectivity index (χ0) is 27.1. The predicted molar refractivity (Wildman–Crippen MR) is 151 cm³/mol. The van der Waals surface area contributed by atoms with E-state index in [1.165, 1.54) is 22.4 Å². The Morgan fingerprint density at radius 1 is 0.921 bits per heavy atom. The lowest BCUT2D eigenvalue weighted by atomic mass is 9.64. The Hall–Kier alpha value is -3.53. The molecule has 0 radical (unpaired) electrons. The molecule has 0 aromatic heterocycles. The van der Waals surface area contributed by atoms with E-state index in [4.69, 9.17) is 4.74 Å². The number of ketones is 2. The van der Waals surface area contributed by atoms with E-state index >= 15 is 0 Å². The molecule has 38 heavy (non-hydrogen) atoms. The number of fused-ring (bicyclic) bond motifs is 3. The number of allylic oxidation sites excluding steroid dienone is 1. The van der Waals surface area contributed by atoms with Gasteiger partial charge in [-0.15, -0.1) is 0 Å². The molecule has 0 aliphatic heterocycles. The summed E-state index contributed by atoms with van der Waals surface area (Å²) in [5.41, 5.74) is 3.19. The van der Waals surface area contributed by atoms with Gasteiger partial charge in [-0.2, -0.15) is 0 Å². The number of hydrogen-bond donors (Lipinski definition) is 0. The van der Waals surface area contributed by atoms with E-state index in [1.807, 2.05) is 37.3 Å². The summed E-state index contributed by atoms with van der Waals surface area (Å²) < 4.78 is 6.17. The van der Waals surface area contributed by atoms with Crippen molar-refractivity contribution in [3.63, 3.8) is 0 Å². The number of ether oxygens (including phenoxy) is 1. The number of hydrogen-bond acceptors (Lipinski definition) is 4. The number of carbonyl (C=O) groups is 3. The van der Waals surface area contributed by atoms with Gasteiger partial charge in [0.05, 0.1) is 6.42 Å². The first-order chi connectivity index (χ1) is 18.1. The zero-order valence-electron chi connectivity index (χ0n) is 22.7. The highest BCUT2D eigenvalue weighted by atomic mass is 16.5. The summed E-state index contributed by atoms with van der Waals surface area (Å²) in [5.74, 6) is -1.00. The topological polar surface area (TPSA) is 60.4 Å². The van der Waals surface area contributed by atoms with Gasteiger partial charge >= 0.3 is 5.97 Å². The number of esters is 1. The van der Waals surface area contributed by atoms with Gasteiger partial charge < -0.3 is 4.74 Å². The Morgan fingerprint density at radius 3 is 2.39 bits per heavy atom. The van der Waals surface area contributed by atoms with E-state index in [9.17, 15) is 14.4 Å². The van der Waals surface area contributed by atoms with Crippen LogP contribution in [0.2, 0.25) is 0 Å². The Labute approximate surface area is 225 Å². The summed E-state index contributed by atoms with van der Waals surface area (Å²) in [6.07, 6.45) is 4.19. The van der Waals surface area contributed by atoms with Gasteiger partial charge in [-0.05, 0) is 58.6 Å². The summed E-state index contributed by atoms with van der Waals surface area (Å²) >= 11 is 0. The first-order valence-corrected chi connectivity index (χ1v) is 13.6. The van der Waals surface area contributed by atoms with Crippen LogP contribution in [0.15, 0.2) is 72.8 Å². The van der Waals surface area contributed by atoms with Crippen LogP contribution in [0, 0.1) is 23.7 Å². The molecule has 4 nitrogen and oxygen atoms in total. The Kier molecular flexibility index (Phi) is 6.85. The SMILES string of the molecule is Cc1ccc(/C=C/C(=O)CC(=O)CC(=O)O[C@@H]2[C@H]3CC[C@@](C)([C@@H]2c2cccc4ccccc24)C3(C)C)cc1. The molecule has 4 atom stereocenters. The van der Waals surface area contributed by atoms with Crippen molar-refractivity contribution in [2.24, 2.45) is 16.7 Å². The molecule has 0 N–H and O–H groups in total. The second-order valence-electron chi connectivity index (χ2n) is 11.9. The van der Waals surface area contributed by atoms with E-state index in [1.54, 1.807) is 6.08 Å². The van der Waals surface area contributed by atoms with Crippen molar-refractivity contribution in [1.29, 1.82) is 0 Å². The number of Topliss-reactive ketones (excluding diaryl/α,β-unsaturated/α-hetero) is 1. The normalized spacial score (nSPS) is 25.6. The third-order valence-electron chi connectivity index (χ3n) is 9.46. The zero-order valence-corrected chi connectivity index (χ0v) is 22.7. The van der Waals surface area contributed by atoms with Gasteiger partial charge in [0.2, 0.25) is 0 Å². The first kappa shape index (κ1) is 26.1. The van der Waals surface area contributed by atoms with Crippen molar-refractivity contribution in [3.8, 4) is 0 Å². The van der Waals surface area contributed by atoms with Crippen molar-refractivity contribution in [2.45, 2.75) is 65.4 Å². The first-order valence-electron chi connectivity index (χ1n) is 13.6. The van der Waals surface area contributed by atoms with Crippen LogP contribution < -0.4 is 0 Å². The highest BCUT2D eigenvalue weighted by Gasteiger charge is 2.67. The molecule has 0 saturated heterocycles. The quantitative estimate of drug-likeness (QED) is 0.183. The standard InChI is InChI=1S/C34H36O4/c1-22-12-14-23(15-13-22)16-17-25(35)20-26(36)21-30(37)38-32-29-18-19-34(4,33(29,2)3)31(32)28-11-7-9-24-8-5-6-10-27(24)28/h5-17,29,31-32H,18-21H2,1-4H3/b17-16+/t29-,31-,32-,34+/m1/s1. The van der Waals surface area contributed by atoms with Gasteiger partial charge in [0.1, 0.15) is 12.5 Å². The summed E-state index contributed by atoms with van der Waals surface area (Å²) in [7, 11) is 0. The van der Waals surface area contributed by atoms with Gasteiger partial charge in [-0.3, -0.25) is 14.4 Å². The van der Waals surface area contributed by atoms with E-state index in [0.717, 1.165) is 24.0 Å². The molecule has 0 heterocycles. The summed E-state index contributed by atoms with van der Waals surface area (Å²) in [5, 5.41) is 2.36. The minimum Gasteiger partial charge on any atom is -0.461 e. The molecule has 2 aliphatic carbocycles. The minimum absolute atomic E-state index is 0.0136. The summed E-state index contributed by atoms with van der Waals surface area (Å²) in [6, 6.07) is 22.5. The molecule has 196 valence electrons. The highest BCUT2D eigenvalue weighted by molar-refractivity contribution is 6.10. The van der Waals surface area contributed by atoms with Crippen molar-refractivity contribution >= 4 is 34.4 Å². The van der Waals surface area contributed by atoms with Gasteiger partial charge in [0.15, 0.2) is 11.6 Å². The molecule has 0 spiro atoms. The third-order valence-corrected chi connectivity index (χ3v) is 9.46. The smallest absolute Gasteiger partial charge is 0.313 e. The second kappa shape index (κ2) is 9.98. The highest BCUT2D eigenvalue weighted by Crippen LogP contribution is 2.72. The van der Waals surface area contributed by atoms with Crippen LogP contribution in [0.1, 0.15) is 69.1 Å². The lowest BCUT2D eigenvalue weighted by Crippen LogP contribution is -2.35. The predicted octanol–water partition coefficient (Wildman–Crippen LogP) is 7.23. The fraction of sp³-hybridized carbons (Fsp3) is 0.382. The van der Waals surface area contributed by atoms with Crippen LogP contribution >= 0.6 is 0 Å². The molecule has 2 bridgehead atoms. The molecule has 0 unspecified atom stereocenters. The summed E-state index contributed by atoms with van der Waals surface area (Å²) in [4.78, 5) is 38.0. The second-order valence-corrected chi connectivity index (χ2v) is 11.9. The maximum atomic E-state index is 13.1. The maximum absolute atomic E-state index is 13.1. The van der Waals surface area contributed by atoms with Crippen molar-refractivity contribution < 1.29 is 19.1 Å². The van der Waals surface area contributed by atoms with E-state index in [2.05, 4.69) is 57.2 Å². The summed E-state index contributed by atoms with van der Waals surface area (Å²) in [6.45, 7) is 8.91. The van der Waals surface area contributed by atoms with Crippen molar-refractivity contribution in [2.75, 3.05) is 0 Å².